The summed E-state index contributed by atoms with van der Waals surface area (Å²) in [6.45, 7) is 9.28. The van der Waals surface area contributed by atoms with E-state index in [1.54, 1.807) is 0 Å². The average Bonchev–Trinajstić information content (AvgIpc) is 3.42. The van der Waals surface area contributed by atoms with E-state index in [1.807, 2.05) is 0 Å². The number of aryl methyl sites for hydroxylation is 1. The summed E-state index contributed by atoms with van der Waals surface area (Å²) in [6.07, 6.45) is 8.14. The molecular weight excluding hydrogens is 482 g/mol. The molecule has 1 nitrogen and oxygen atoms in total. The predicted molar refractivity (Wildman–Crippen MR) is 172 cm³/mol. The summed E-state index contributed by atoms with van der Waals surface area (Å²) in [4.78, 5) is 0. The summed E-state index contributed by atoms with van der Waals surface area (Å²) in [5.41, 5.74) is 9.55. The van der Waals surface area contributed by atoms with Crippen molar-refractivity contribution in [3.63, 3.8) is 0 Å². The summed E-state index contributed by atoms with van der Waals surface area (Å²) in [6, 6.07) is 34.0. The molecule has 0 fully saturated rings. The van der Waals surface area contributed by atoms with Gasteiger partial charge in [-0.25, -0.2) is 0 Å². The molecule has 6 aromatic carbocycles. The molecule has 0 spiro atoms. The lowest BCUT2D eigenvalue weighted by Crippen LogP contribution is -2.12. The zero-order valence-electron chi connectivity index (χ0n) is 23.6. The Kier molecular flexibility index (Phi) is 4.89. The zero-order valence-corrected chi connectivity index (χ0v) is 23.6. The van der Waals surface area contributed by atoms with E-state index in [9.17, 15) is 0 Å². The van der Waals surface area contributed by atoms with Crippen LogP contribution in [0.3, 0.4) is 0 Å². The van der Waals surface area contributed by atoms with Crippen LogP contribution in [0.1, 0.15) is 54.5 Å². The van der Waals surface area contributed by atoms with Crippen LogP contribution in [0.25, 0.3) is 55.0 Å². The molecule has 0 saturated heterocycles. The Labute approximate surface area is 235 Å². The van der Waals surface area contributed by atoms with Crippen LogP contribution in [-0.2, 0) is 11.8 Å². The van der Waals surface area contributed by atoms with Crippen molar-refractivity contribution >= 4 is 49.3 Å². The summed E-state index contributed by atoms with van der Waals surface area (Å²) in [5, 5.41) is 9.71. The molecule has 1 heterocycles. The standard InChI is InChI=1S/C39H33N/c1-24-19-32-29-16-15-26(25-11-7-5-8-12-25)21-31(29)34-23-27(39(2,3)4)22-33-30-17-18-40(28-13-9-6-10-14-28)38(30)35(20-24)37(32)36(33)34/h5-20,22-23,26H,21H2,1-4H3. The summed E-state index contributed by atoms with van der Waals surface area (Å²) in [7, 11) is 0. The number of aromatic nitrogens is 1. The van der Waals surface area contributed by atoms with E-state index in [2.05, 4.69) is 142 Å². The van der Waals surface area contributed by atoms with Crippen LogP contribution in [-0.4, -0.2) is 4.57 Å². The Hall–Kier alpha value is -4.36. The van der Waals surface area contributed by atoms with Gasteiger partial charge in [0.1, 0.15) is 0 Å². The van der Waals surface area contributed by atoms with Gasteiger partial charge in [0, 0.05) is 34.0 Å². The number of fused-ring (bicyclic) bond motifs is 6. The predicted octanol–water partition coefficient (Wildman–Crippen LogP) is 10.5. The molecular formula is C39H33N. The minimum Gasteiger partial charge on any atom is -0.316 e. The van der Waals surface area contributed by atoms with Gasteiger partial charge in [-0.1, -0.05) is 93.6 Å². The number of benzene rings is 6. The normalized spacial score (nSPS) is 15.6. The van der Waals surface area contributed by atoms with E-state index < -0.39 is 0 Å². The molecule has 1 aliphatic carbocycles. The first kappa shape index (κ1) is 23.5. The lowest BCUT2D eigenvalue weighted by atomic mass is 9.76. The molecule has 0 N–H and O–H groups in total. The Morgan fingerprint density at radius 3 is 2.12 bits per heavy atom. The van der Waals surface area contributed by atoms with Crippen molar-refractivity contribution in [3.8, 4) is 5.69 Å². The topological polar surface area (TPSA) is 4.93 Å². The van der Waals surface area contributed by atoms with Gasteiger partial charge >= 0.3 is 0 Å². The van der Waals surface area contributed by atoms with Gasteiger partial charge in [0.25, 0.3) is 0 Å². The first-order valence-electron chi connectivity index (χ1n) is 14.5. The number of hydrogen-bond donors (Lipinski definition) is 0. The first-order valence-corrected chi connectivity index (χ1v) is 14.5. The van der Waals surface area contributed by atoms with Gasteiger partial charge in [-0.2, -0.15) is 0 Å². The van der Waals surface area contributed by atoms with Crippen molar-refractivity contribution in [3.05, 3.63) is 131 Å². The maximum Gasteiger partial charge on any atom is 0.0613 e. The molecule has 1 unspecified atom stereocenters. The lowest BCUT2D eigenvalue weighted by Gasteiger charge is -2.28. The minimum atomic E-state index is 0.0472. The Morgan fingerprint density at radius 1 is 0.700 bits per heavy atom. The Balaban J connectivity index is 1.57. The Bertz CT molecular complexity index is 2100. The fraction of sp³-hybridized carbons (Fsp3) is 0.179. The third-order valence-electron chi connectivity index (χ3n) is 9.09. The molecule has 7 aromatic rings. The van der Waals surface area contributed by atoms with Crippen molar-refractivity contribution in [1.82, 2.24) is 4.57 Å². The van der Waals surface area contributed by atoms with E-state index in [-0.39, 0.29) is 5.41 Å². The second kappa shape index (κ2) is 8.32. The average molecular weight is 516 g/mol. The van der Waals surface area contributed by atoms with Gasteiger partial charge in [-0.3, -0.25) is 0 Å². The van der Waals surface area contributed by atoms with Crippen molar-refractivity contribution in [1.29, 1.82) is 0 Å². The molecule has 0 amide bonds. The minimum absolute atomic E-state index is 0.0472. The number of allylic oxidation sites excluding steroid dienone is 1. The molecule has 0 aliphatic heterocycles. The maximum atomic E-state index is 2.52. The van der Waals surface area contributed by atoms with Gasteiger partial charge in [0.05, 0.1) is 5.52 Å². The zero-order chi connectivity index (χ0) is 27.2. The highest BCUT2D eigenvalue weighted by molar-refractivity contribution is 6.35. The maximum absolute atomic E-state index is 2.52. The van der Waals surface area contributed by atoms with Gasteiger partial charge in [0.2, 0.25) is 0 Å². The third-order valence-corrected chi connectivity index (χ3v) is 9.09. The molecule has 0 saturated carbocycles. The molecule has 1 aromatic heterocycles. The smallest absolute Gasteiger partial charge is 0.0613 e. The monoisotopic (exact) mass is 515 g/mol. The van der Waals surface area contributed by atoms with Crippen LogP contribution in [0.5, 0.6) is 0 Å². The van der Waals surface area contributed by atoms with Crippen molar-refractivity contribution in [2.24, 2.45) is 0 Å². The SMILES string of the molecule is Cc1cc2c3c(c4cc(C(C)(C)C)cc5c6ccn(-c7ccccc7)c6c(c1)c2c45)CC(c1ccccc1)C=C3. The van der Waals surface area contributed by atoms with Crippen LogP contribution < -0.4 is 0 Å². The van der Waals surface area contributed by atoms with E-state index in [0.29, 0.717) is 5.92 Å². The van der Waals surface area contributed by atoms with Crippen LogP contribution >= 0.6 is 0 Å². The summed E-state index contributed by atoms with van der Waals surface area (Å²) in [5.74, 6) is 0.387. The van der Waals surface area contributed by atoms with E-state index in [1.165, 1.54) is 76.7 Å². The second-order valence-corrected chi connectivity index (χ2v) is 12.7. The molecule has 40 heavy (non-hydrogen) atoms. The molecule has 1 aliphatic rings. The van der Waals surface area contributed by atoms with Crippen molar-refractivity contribution in [2.75, 3.05) is 0 Å². The lowest BCUT2D eigenvalue weighted by molar-refractivity contribution is 0.591. The molecule has 194 valence electrons. The van der Waals surface area contributed by atoms with Gasteiger partial charge in [-0.15, -0.1) is 0 Å². The first-order chi connectivity index (χ1) is 19.4. The van der Waals surface area contributed by atoms with Crippen LogP contribution in [0.15, 0.2) is 103 Å². The molecule has 0 radical (unpaired) electrons. The van der Waals surface area contributed by atoms with E-state index in [4.69, 9.17) is 0 Å². The van der Waals surface area contributed by atoms with Crippen LogP contribution in [0.4, 0.5) is 0 Å². The van der Waals surface area contributed by atoms with Crippen LogP contribution in [0.2, 0.25) is 0 Å². The third kappa shape index (κ3) is 3.34. The highest BCUT2D eigenvalue weighted by Gasteiger charge is 2.27. The van der Waals surface area contributed by atoms with Gasteiger partial charge in [0.15, 0.2) is 0 Å². The van der Waals surface area contributed by atoms with Crippen molar-refractivity contribution < 1.29 is 0 Å². The summed E-state index contributed by atoms with van der Waals surface area (Å²) < 4.78 is 2.39. The number of hydrogen-bond acceptors (Lipinski definition) is 0. The van der Waals surface area contributed by atoms with E-state index >= 15 is 0 Å². The number of nitrogens with zero attached hydrogens (tertiary/aromatic N) is 1. The molecule has 1 atom stereocenters. The fourth-order valence-electron chi connectivity index (χ4n) is 7.13. The van der Waals surface area contributed by atoms with Gasteiger partial charge < -0.3 is 4.57 Å². The molecule has 1 heteroatoms. The molecule has 0 bridgehead atoms. The largest absolute Gasteiger partial charge is 0.316 e. The fourth-order valence-corrected chi connectivity index (χ4v) is 7.13. The highest BCUT2D eigenvalue weighted by Crippen LogP contribution is 2.48. The number of rotatable bonds is 2. The van der Waals surface area contributed by atoms with Crippen molar-refractivity contribution in [2.45, 2.75) is 45.4 Å². The van der Waals surface area contributed by atoms with E-state index in [0.717, 1.165) is 6.42 Å². The second-order valence-electron chi connectivity index (χ2n) is 12.7. The molecule has 8 rings (SSSR count). The van der Waals surface area contributed by atoms with Crippen LogP contribution in [0, 0.1) is 6.92 Å². The highest BCUT2D eigenvalue weighted by atomic mass is 15.0. The quantitative estimate of drug-likeness (QED) is 0.202. The Morgan fingerprint density at radius 2 is 1.38 bits per heavy atom. The van der Waals surface area contributed by atoms with Gasteiger partial charge in [-0.05, 0) is 98.5 Å². The summed E-state index contributed by atoms with van der Waals surface area (Å²) >= 11 is 0. The number of para-hydroxylation sites is 1.